The summed E-state index contributed by atoms with van der Waals surface area (Å²) in [6, 6.07) is 0. The van der Waals surface area contributed by atoms with E-state index in [4.69, 9.17) is 4.43 Å². The molecule has 2 heteroatoms. The van der Waals surface area contributed by atoms with Gasteiger partial charge in [-0.3, -0.25) is 0 Å². The van der Waals surface area contributed by atoms with Gasteiger partial charge in [-0.2, -0.15) is 0 Å². The van der Waals surface area contributed by atoms with Crippen molar-refractivity contribution in [3.63, 3.8) is 0 Å². The lowest BCUT2D eigenvalue weighted by atomic mass is 9.89. The molecule has 0 N–H and O–H groups in total. The molecular weight excluding hydrogens is 200 g/mol. The van der Waals surface area contributed by atoms with Gasteiger partial charge in [0.05, 0.1) is 0 Å². The summed E-state index contributed by atoms with van der Waals surface area (Å²) in [7, 11) is -1.53. The summed E-state index contributed by atoms with van der Waals surface area (Å²) in [5.74, 6) is 0.671. The van der Waals surface area contributed by atoms with Gasteiger partial charge in [0, 0.05) is 6.10 Å². The van der Waals surface area contributed by atoms with Crippen LogP contribution in [-0.2, 0) is 4.43 Å². The average Bonchev–Trinajstić information content (AvgIpc) is 2.06. The molecule has 0 heterocycles. The van der Waals surface area contributed by atoms with Crippen LogP contribution in [0.3, 0.4) is 0 Å². The summed E-state index contributed by atoms with van der Waals surface area (Å²) in [6.45, 7) is 15.8. The minimum atomic E-state index is -1.53. The Morgan fingerprint density at radius 1 is 1.07 bits per heavy atom. The van der Waals surface area contributed by atoms with Gasteiger partial charge in [-0.25, -0.2) is 0 Å². The van der Waals surface area contributed by atoms with Gasteiger partial charge in [-0.1, -0.05) is 27.7 Å². The van der Waals surface area contributed by atoms with Crippen LogP contribution in [0.15, 0.2) is 0 Å². The van der Waals surface area contributed by atoms with E-state index < -0.39 is 8.32 Å². The Morgan fingerprint density at radius 2 is 1.53 bits per heavy atom. The second-order valence-electron chi connectivity index (χ2n) is 6.52. The Balaban J connectivity index is 2.48. The van der Waals surface area contributed by atoms with Crippen molar-refractivity contribution in [2.24, 2.45) is 5.92 Å². The molecule has 0 unspecified atom stereocenters. The van der Waals surface area contributed by atoms with E-state index in [-0.39, 0.29) is 0 Å². The van der Waals surface area contributed by atoms with Crippen molar-refractivity contribution in [1.29, 1.82) is 0 Å². The third-order valence-corrected chi connectivity index (χ3v) is 8.60. The Labute approximate surface area is 96.7 Å². The highest BCUT2D eigenvalue weighted by atomic mass is 28.4. The molecule has 0 amide bonds. The molecule has 15 heavy (non-hydrogen) atoms. The zero-order valence-electron chi connectivity index (χ0n) is 11.1. The molecule has 1 nitrogen and oxygen atoms in total. The highest BCUT2D eigenvalue weighted by Crippen LogP contribution is 2.39. The minimum absolute atomic E-state index is 0.342. The lowest BCUT2D eigenvalue weighted by Gasteiger charge is -2.41. The van der Waals surface area contributed by atoms with Gasteiger partial charge < -0.3 is 4.43 Å². The first-order chi connectivity index (χ1) is 6.72. The Kier molecular flexibility index (Phi) is 4.05. The minimum Gasteiger partial charge on any atom is -0.414 e. The number of hydrogen-bond acceptors (Lipinski definition) is 1. The van der Waals surface area contributed by atoms with E-state index in [0.29, 0.717) is 17.1 Å². The molecule has 0 saturated heterocycles. The van der Waals surface area contributed by atoms with Gasteiger partial charge >= 0.3 is 0 Å². The van der Waals surface area contributed by atoms with Crippen LogP contribution >= 0.6 is 0 Å². The summed E-state index contributed by atoms with van der Waals surface area (Å²) < 4.78 is 6.40. The van der Waals surface area contributed by atoms with E-state index in [9.17, 15) is 0 Å². The molecule has 1 aliphatic rings. The van der Waals surface area contributed by atoms with Crippen LogP contribution in [0.2, 0.25) is 18.1 Å². The summed E-state index contributed by atoms with van der Waals surface area (Å²) in [5.41, 5.74) is 0. The maximum Gasteiger partial charge on any atom is 0.192 e. The molecule has 0 aromatic carbocycles. The normalized spacial score (nSPS) is 29.2. The highest BCUT2D eigenvalue weighted by molar-refractivity contribution is 6.74. The molecule has 1 aliphatic carbocycles. The van der Waals surface area contributed by atoms with E-state index >= 15 is 0 Å². The first-order valence-electron chi connectivity index (χ1n) is 6.23. The fourth-order valence-electron chi connectivity index (χ4n) is 1.84. The molecule has 1 saturated carbocycles. The Hall–Kier alpha value is 0.177. The Bertz CT molecular complexity index is 197. The second kappa shape index (κ2) is 4.58. The van der Waals surface area contributed by atoms with Crippen molar-refractivity contribution in [2.45, 2.75) is 70.7 Å². The van der Waals surface area contributed by atoms with Crippen molar-refractivity contribution < 1.29 is 4.43 Å². The monoisotopic (exact) mass is 227 g/mol. The van der Waals surface area contributed by atoms with Gasteiger partial charge in [0.15, 0.2) is 8.32 Å². The smallest absolute Gasteiger partial charge is 0.192 e. The topological polar surface area (TPSA) is 9.23 Å². The van der Waals surface area contributed by atoms with Crippen molar-refractivity contribution >= 4 is 8.32 Å². The van der Waals surface area contributed by atoms with Crippen LogP contribution in [0.5, 0.6) is 0 Å². The predicted molar refractivity (Wildman–Crippen MR) is 69.4 cm³/mol. The molecule has 0 atom stereocenters. The number of rotatable bonds is 2. The molecule has 1 fully saturated rings. The van der Waals surface area contributed by atoms with Crippen molar-refractivity contribution in [2.75, 3.05) is 0 Å². The first kappa shape index (κ1) is 13.2. The van der Waals surface area contributed by atoms with Crippen LogP contribution < -0.4 is 0 Å². The van der Waals surface area contributed by atoms with Gasteiger partial charge in [0.25, 0.3) is 0 Å². The molecule has 89 valence electrons. The number of hydrogen-bond donors (Lipinski definition) is 0. The molecule has 0 spiro atoms. The van der Waals surface area contributed by atoms with E-state index in [2.05, 4.69) is 40.8 Å². The molecule has 1 radical (unpaired) electrons. The molecule has 0 aliphatic heterocycles. The Morgan fingerprint density at radius 3 is 1.93 bits per heavy atom. The third kappa shape index (κ3) is 3.60. The van der Waals surface area contributed by atoms with E-state index in [1.54, 1.807) is 0 Å². The van der Waals surface area contributed by atoms with Gasteiger partial charge in [0.2, 0.25) is 0 Å². The summed E-state index contributed by atoms with van der Waals surface area (Å²) in [5, 5.41) is 0.342. The maximum atomic E-state index is 6.40. The van der Waals surface area contributed by atoms with Crippen molar-refractivity contribution in [3.8, 4) is 0 Å². The fourth-order valence-corrected chi connectivity index (χ4v) is 3.27. The van der Waals surface area contributed by atoms with E-state index in [0.717, 1.165) is 0 Å². The summed E-state index contributed by atoms with van der Waals surface area (Å²) >= 11 is 0. The van der Waals surface area contributed by atoms with Crippen LogP contribution in [-0.4, -0.2) is 14.4 Å². The lowest BCUT2D eigenvalue weighted by Crippen LogP contribution is -2.44. The quantitative estimate of drug-likeness (QED) is 0.635. The van der Waals surface area contributed by atoms with Crippen LogP contribution in [0, 0.1) is 12.8 Å². The fraction of sp³-hybridized carbons (Fsp3) is 0.923. The highest BCUT2D eigenvalue weighted by Gasteiger charge is 2.39. The third-order valence-electron chi connectivity index (χ3n) is 4.06. The van der Waals surface area contributed by atoms with Crippen LogP contribution in [0.4, 0.5) is 0 Å². The maximum absolute atomic E-state index is 6.40. The lowest BCUT2D eigenvalue weighted by molar-refractivity contribution is 0.125. The standard InChI is InChI=1S/C13H27OSi/c1-11-7-9-12(10-8-11)14-15(5,6)13(2,3)4/h11-12H,1,7-10H2,2-6H3/t11-,12-. The van der Waals surface area contributed by atoms with E-state index in [1.807, 2.05) is 0 Å². The molecular formula is C13H27OSi. The first-order valence-corrected chi connectivity index (χ1v) is 9.14. The zero-order chi connectivity index (χ0) is 11.7. The molecule has 1 rings (SSSR count). The molecule has 0 bridgehead atoms. The largest absolute Gasteiger partial charge is 0.414 e. The van der Waals surface area contributed by atoms with Crippen LogP contribution in [0.25, 0.3) is 0 Å². The van der Waals surface area contributed by atoms with Crippen molar-refractivity contribution in [3.05, 3.63) is 6.92 Å². The second-order valence-corrected chi connectivity index (χ2v) is 11.3. The van der Waals surface area contributed by atoms with Gasteiger partial charge in [-0.05, 0) is 49.7 Å². The zero-order valence-corrected chi connectivity index (χ0v) is 12.1. The van der Waals surface area contributed by atoms with Gasteiger partial charge in [0.1, 0.15) is 0 Å². The van der Waals surface area contributed by atoms with Gasteiger partial charge in [-0.15, -0.1) is 0 Å². The molecule has 0 aromatic heterocycles. The van der Waals surface area contributed by atoms with Crippen molar-refractivity contribution in [1.82, 2.24) is 0 Å². The molecule has 0 aromatic rings. The average molecular weight is 227 g/mol. The van der Waals surface area contributed by atoms with E-state index in [1.165, 1.54) is 25.7 Å². The predicted octanol–water partition coefficient (Wildman–Crippen LogP) is 4.40. The van der Waals surface area contributed by atoms with Crippen LogP contribution in [0.1, 0.15) is 46.5 Å². The SMILES string of the molecule is [CH2][C@H]1CC[C@H](O[Si](C)(C)C(C)(C)C)CC1. The summed E-state index contributed by atoms with van der Waals surface area (Å²) in [4.78, 5) is 0. The summed E-state index contributed by atoms with van der Waals surface area (Å²) in [6.07, 6.45) is 5.46.